The van der Waals surface area contributed by atoms with Gasteiger partial charge in [0.25, 0.3) is 5.91 Å². The lowest BCUT2D eigenvalue weighted by atomic mass is 10.3. The average molecular weight is 413 g/mol. The summed E-state index contributed by atoms with van der Waals surface area (Å²) in [4.78, 5) is 35.3. The number of hydrogen-bond acceptors (Lipinski definition) is 6. The molecule has 0 bridgehead atoms. The summed E-state index contributed by atoms with van der Waals surface area (Å²) in [6.45, 7) is -0.551. The number of carbonyl (C=O) groups excluding carboxylic acids is 3. The highest BCUT2D eigenvalue weighted by Crippen LogP contribution is 2.22. The van der Waals surface area contributed by atoms with Gasteiger partial charge in [-0.15, -0.1) is 11.3 Å². The first-order valence-corrected chi connectivity index (χ1v) is 8.26. The molecule has 0 spiro atoms. The van der Waals surface area contributed by atoms with Crippen LogP contribution in [0.4, 0.5) is 10.5 Å². The molecule has 2 aromatic rings. The summed E-state index contributed by atoms with van der Waals surface area (Å²) in [5.74, 6) is -0.717. The molecule has 1 aromatic heterocycles. The Hall–Kier alpha value is -2.39. The Bertz CT molecular complexity index is 745. The predicted octanol–water partition coefficient (Wildman–Crippen LogP) is 3.02. The molecule has 7 nitrogen and oxygen atoms in total. The molecular weight excluding hydrogens is 400 g/mol. The van der Waals surface area contributed by atoms with Gasteiger partial charge in [0.1, 0.15) is 10.6 Å². The molecule has 0 fully saturated rings. The van der Waals surface area contributed by atoms with Gasteiger partial charge in [0.2, 0.25) is 0 Å². The monoisotopic (exact) mass is 412 g/mol. The van der Waals surface area contributed by atoms with E-state index in [4.69, 9.17) is 9.47 Å². The maximum absolute atomic E-state index is 11.7. The summed E-state index contributed by atoms with van der Waals surface area (Å²) >= 11 is 4.41. The second kappa shape index (κ2) is 8.46. The van der Waals surface area contributed by atoms with Gasteiger partial charge >= 0.3 is 12.0 Å². The number of benzene rings is 1. The molecule has 1 aromatic carbocycles. The Morgan fingerprint density at radius 3 is 2.42 bits per heavy atom. The number of methoxy groups -OCH3 is 1. The lowest BCUT2D eigenvalue weighted by Gasteiger charge is -2.07. The van der Waals surface area contributed by atoms with Gasteiger partial charge in [0.05, 0.1) is 10.9 Å². The zero-order chi connectivity index (χ0) is 17.5. The van der Waals surface area contributed by atoms with E-state index >= 15 is 0 Å². The molecule has 9 heteroatoms. The maximum atomic E-state index is 11.7. The van der Waals surface area contributed by atoms with Crippen LogP contribution in [0.25, 0.3) is 0 Å². The van der Waals surface area contributed by atoms with Crippen molar-refractivity contribution in [2.75, 3.05) is 19.0 Å². The molecule has 0 aliphatic rings. The zero-order valence-corrected chi connectivity index (χ0v) is 14.9. The fourth-order valence-electron chi connectivity index (χ4n) is 1.63. The highest BCUT2D eigenvalue weighted by Gasteiger charge is 2.14. The molecule has 0 unspecified atom stereocenters. The van der Waals surface area contributed by atoms with Gasteiger partial charge in [-0.1, -0.05) is 0 Å². The second-order valence-electron chi connectivity index (χ2n) is 4.41. The molecule has 0 saturated carbocycles. The van der Waals surface area contributed by atoms with Crippen molar-refractivity contribution in [3.05, 3.63) is 45.1 Å². The molecule has 0 saturated heterocycles. The van der Waals surface area contributed by atoms with Gasteiger partial charge in [-0.05, 0) is 52.3 Å². The van der Waals surface area contributed by atoms with Crippen molar-refractivity contribution in [1.82, 2.24) is 5.32 Å². The Kier molecular flexibility index (Phi) is 6.33. The number of halogens is 1. The van der Waals surface area contributed by atoms with Crippen molar-refractivity contribution in [1.29, 1.82) is 0 Å². The number of rotatable bonds is 5. The van der Waals surface area contributed by atoms with Crippen LogP contribution in [-0.4, -0.2) is 31.6 Å². The maximum Gasteiger partial charge on any atom is 0.348 e. The number of amides is 3. The topological polar surface area (TPSA) is 93.7 Å². The first-order valence-electron chi connectivity index (χ1n) is 6.65. The van der Waals surface area contributed by atoms with E-state index in [0.29, 0.717) is 16.3 Å². The number of urea groups is 1. The van der Waals surface area contributed by atoms with E-state index in [1.54, 1.807) is 36.4 Å². The highest BCUT2D eigenvalue weighted by atomic mass is 79.9. The van der Waals surface area contributed by atoms with Crippen LogP contribution in [0.2, 0.25) is 0 Å². The van der Waals surface area contributed by atoms with Crippen LogP contribution in [0.3, 0.4) is 0 Å². The second-order valence-corrected chi connectivity index (χ2v) is 6.87. The van der Waals surface area contributed by atoms with Gasteiger partial charge in [-0.3, -0.25) is 10.1 Å². The molecule has 0 aliphatic carbocycles. The number of thiophene rings is 1. The third-order valence-electron chi connectivity index (χ3n) is 2.71. The third-order valence-corrected chi connectivity index (χ3v) is 4.31. The Labute approximate surface area is 150 Å². The molecule has 24 heavy (non-hydrogen) atoms. The van der Waals surface area contributed by atoms with Crippen LogP contribution in [0, 0.1) is 0 Å². The van der Waals surface area contributed by atoms with Crippen LogP contribution in [0.5, 0.6) is 5.75 Å². The molecule has 3 amide bonds. The molecule has 1 heterocycles. The molecule has 0 radical (unpaired) electrons. The smallest absolute Gasteiger partial charge is 0.348 e. The van der Waals surface area contributed by atoms with Gasteiger partial charge in [0, 0.05) is 5.69 Å². The van der Waals surface area contributed by atoms with Crippen molar-refractivity contribution in [3.63, 3.8) is 0 Å². The minimum absolute atomic E-state index is 0.359. The van der Waals surface area contributed by atoms with E-state index < -0.39 is 24.5 Å². The molecule has 2 rings (SSSR count). The number of imide groups is 1. The Morgan fingerprint density at radius 2 is 1.83 bits per heavy atom. The van der Waals surface area contributed by atoms with Crippen LogP contribution in [0.15, 0.2) is 40.2 Å². The lowest BCUT2D eigenvalue weighted by Crippen LogP contribution is -2.37. The summed E-state index contributed by atoms with van der Waals surface area (Å²) in [6.07, 6.45) is 0. The fraction of sp³-hybridized carbons (Fsp3) is 0.133. The van der Waals surface area contributed by atoms with Crippen molar-refractivity contribution in [2.45, 2.75) is 0 Å². The summed E-state index contributed by atoms with van der Waals surface area (Å²) in [6, 6.07) is 9.13. The first-order chi connectivity index (χ1) is 11.5. The van der Waals surface area contributed by atoms with Crippen molar-refractivity contribution in [2.24, 2.45) is 0 Å². The van der Waals surface area contributed by atoms with Crippen molar-refractivity contribution in [3.8, 4) is 5.75 Å². The van der Waals surface area contributed by atoms with E-state index in [-0.39, 0.29) is 0 Å². The molecular formula is C15H13BrN2O5S. The van der Waals surface area contributed by atoms with Crippen LogP contribution >= 0.6 is 27.3 Å². The normalized spacial score (nSPS) is 9.92. The standard InChI is InChI=1S/C15H13BrN2O5S/c1-22-10-4-2-9(3-5-10)17-15(21)18-13(19)8-23-14(20)11-6-7-12(16)24-11/h2-7H,8H2,1H3,(H2,17,18,19,21). The average Bonchev–Trinajstić information content (AvgIpc) is 3.00. The van der Waals surface area contributed by atoms with E-state index in [1.807, 2.05) is 0 Å². The van der Waals surface area contributed by atoms with Gasteiger partial charge in [-0.25, -0.2) is 9.59 Å². The third kappa shape index (κ3) is 5.36. The van der Waals surface area contributed by atoms with Crippen LogP contribution < -0.4 is 15.4 Å². The number of ether oxygens (including phenoxy) is 2. The summed E-state index contributed by atoms with van der Waals surface area (Å²) < 4.78 is 10.6. The minimum atomic E-state index is -0.731. The van der Waals surface area contributed by atoms with E-state index in [9.17, 15) is 14.4 Å². The molecule has 2 N–H and O–H groups in total. The predicted molar refractivity (Wildman–Crippen MR) is 92.5 cm³/mol. The highest BCUT2D eigenvalue weighted by molar-refractivity contribution is 9.11. The van der Waals surface area contributed by atoms with Crippen LogP contribution in [0.1, 0.15) is 9.67 Å². The minimum Gasteiger partial charge on any atom is -0.497 e. The van der Waals surface area contributed by atoms with E-state index in [2.05, 4.69) is 26.6 Å². The Balaban J connectivity index is 1.76. The van der Waals surface area contributed by atoms with Gasteiger partial charge in [-0.2, -0.15) is 0 Å². The summed E-state index contributed by atoms with van der Waals surface area (Å²) in [5.41, 5.74) is 0.488. The van der Waals surface area contributed by atoms with Crippen LogP contribution in [-0.2, 0) is 9.53 Å². The Morgan fingerprint density at radius 1 is 1.12 bits per heavy atom. The van der Waals surface area contributed by atoms with E-state index in [0.717, 1.165) is 3.79 Å². The summed E-state index contributed by atoms with van der Waals surface area (Å²) in [5, 5.41) is 4.54. The van der Waals surface area contributed by atoms with Gasteiger partial charge < -0.3 is 14.8 Å². The molecule has 126 valence electrons. The fourth-order valence-corrected chi connectivity index (χ4v) is 2.91. The molecule has 0 atom stereocenters. The first kappa shape index (κ1) is 18.0. The lowest BCUT2D eigenvalue weighted by molar-refractivity contribution is -0.123. The number of hydrogen-bond donors (Lipinski definition) is 2. The number of nitrogens with one attached hydrogen (secondary N) is 2. The largest absolute Gasteiger partial charge is 0.497 e. The van der Waals surface area contributed by atoms with Crippen molar-refractivity contribution < 1.29 is 23.9 Å². The van der Waals surface area contributed by atoms with Crippen molar-refractivity contribution >= 4 is 50.9 Å². The number of esters is 1. The van der Waals surface area contributed by atoms with Gasteiger partial charge in [0.15, 0.2) is 6.61 Å². The molecule has 0 aliphatic heterocycles. The quantitative estimate of drug-likeness (QED) is 0.736. The summed E-state index contributed by atoms with van der Waals surface area (Å²) in [7, 11) is 1.53. The van der Waals surface area contributed by atoms with E-state index in [1.165, 1.54) is 18.4 Å². The number of carbonyl (C=O) groups is 3. The number of anilines is 1. The zero-order valence-electron chi connectivity index (χ0n) is 12.5. The SMILES string of the molecule is COc1ccc(NC(=O)NC(=O)COC(=O)c2ccc(Br)s2)cc1.